The lowest BCUT2D eigenvalue weighted by atomic mass is 9.92. The maximum absolute atomic E-state index is 12.2. The van der Waals surface area contributed by atoms with Crippen molar-refractivity contribution >= 4 is 11.8 Å². The van der Waals surface area contributed by atoms with Gasteiger partial charge in [0.05, 0.1) is 19.3 Å². The molecular weight excluding hydrogens is 296 g/mol. The normalized spacial score (nSPS) is 26.6. The monoisotopic (exact) mass is 326 g/mol. The number of ether oxygens (including phenoxy) is 1. The molecular formula is C17H30N2O4. The summed E-state index contributed by atoms with van der Waals surface area (Å²) in [5.41, 5.74) is -1.47. The molecule has 132 valence electrons. The molecule has 2 N–H and O–H groups in total. The van der Waals surface area contributed by atoms with Crippen LogP contribution in [0, 0.1) is 0 Å². The van der Waals surface area contributed by atoms with E-state index in [1.165, 1.54) is 37.5 Å². The Morgan fingerprint density at radius 2 is 1.91 bits per heavy atom. The molecule has 6 heteroatoms. The summed E-state index contributed by atoms with van der Waals surface area (Å²) >= 11 is 0. The molecule has 23 heavy (non-hydrogen) atoms. The lowest BCUT2D eigenvalue weighted by Gasteiger charge is -2.37. The Balaban J connectivity index is 1.70. The molecule has 0 aromatic heterocycles. The lowest BCUT2D eigenvalue weighted by molar-refractivity contribution is -0.150. The van der Waals surface area contributed by atoms with Crippen LogP contribution in [0.1, 0.15) is 58.3 Å². The molecule has 2 rings (SSSR count). The van der Waals surface area contributed by atoms with Crippen molar-refractivity contribution in [3.8, 4) is 0 Å². The minimum Gasteiger partial charge on any atom is -0.378 e. The van der Waals surface area contributed by atoms with Crippen molar-refractivity contribution in [1.29, 1.82) is 0 Å². The third kappa shape index (κ3) is 5.46. The Labute approximate surface area is 138 Å². The third-order valence-corrected chi connectivity index (χ3v) is 4.88. The maximum Gasteiger partial charge on any atom is 0.253 e. The Kier molecular flexibility index (Phi) is 6.84. The van der Waals surface area contributed by atoms with E-state index in [4.69, 9.17) is 4.74 Å². The van der Waals surface area contributed by atoms with Gasteiger partial charge in [-0.2, -0.15) is 0 Å². The highest BCUT2D eigenvalue weighted by Crippen LogP contribution is 2.22. The molecule has 1 atom stereocenters. The molecule has 1 saturated heterocycles. The summed E-state index contributed by atoms with van der Waals surface area (Å²) in [6, 6.07) is 0. The van der Waals surface area contributed by atoms with Crippen LogP contribution in [-0.2, 0) is 14.3 Å². The van der Waals surface area contributed by atoms with Crippen LogP contribution in [0.25, 0.3) is 0 Å². The second-order valence-electron chi connectivity index (χ2n) is 6.82. The van der Waals surface area contributed by atoms with Crippen LogP contribution in [0.15, 0.2) is 0 Å². The van der Waals surface area contributed by atoms with Crippen molar-refractivity contribution in [2.75, 3.05) is 26.2 Å². The molecule has 1 aliphatic heterocycles. The zero-order valence-corrected chi connectivity index (χ0v) is 14.2. The van der Waals surface area contributed by atoms with E-state index < -0.39 is 11.5 Å². The molecule has 0 aromatic carbocycles. The number of carbonyl (C=O) groups excluding carboxylic acids is 2. The van der Waals surface area contributed by atoms with Crippen molar-refractivity contribution in [2.24, 2.45) is 0 Å². The molecule has 2 amide bonds. The van der Waals surface area contributed by atoms with E-state index in [1.54, 1.807) is 0 Å². The largest absolute Gasteiger partial charge is 0.378 e. The van der Waals surface area contributed by atoms with Gasteiger partial charge in [0.15, 0.2) is 5.60 Å². The smallest absolute Gasteiger partial charge is 0.253 e. The number of hydrogen-bond donors (Lipinski definition) is 2. The quantitative estimate of drug-likeness (QED) is 0.588. The van der Waals surface area contributed by atoms with E-state index in [0.29, 0.717) is 38.6 Å². The first-order valence-electron chi connectivity index (χ1n) is 8.89. The number of carbonyl (C=O) groups is 2. The van der Waals surface area contributed by atoms with E-state index in [9.17, 15) is 14.7 Å². The molecule has 1 saturated carbocycles. The standard InChI is InChI=1S/C17H30N2O4/c1-14(20)19-11-6-9-17(22,13-19)16(21)18-10-12-23-15-7-4-2-3-5-8-15/h15,22H,2-13H2,1H3,(H,18,21). The number of piperidine rings is 1. The fourth-order valence-electron chi connectivity index (χ4n) is 3.45. The van der Waals surface area contributed by atoms with E-state index in [-0.39, 0.29) is 12.5 Å². The number of β-amino-alcohol motifs (C(OH)–C–C–N with tert-alkyl or cyclic N) is 1. The predicted molar refractivity (Wildman–Crippen MR) is 86.9 cm³/mol. The van der Waals surface area contributed by atoms with E-state index in [2.05, 4.69) is 5.32 Å². The van der Waals surface area contributed by atoms with Crippen molar-refractivity contribution in [2.45, 2.75) is 70.0 Å². The van der Waals surface area contributed by atoms with Crippen LogP contribution in [0.4, 0.5) is 0 Å². The van der Waals surface area contributed by atoms with Crippen LogP contribution < -0.4 is 5.32 Å². The fraction of sp³-hybridized carbons (Fsp3) is 0.882. The molecule has 0 spiro atoms. The second-order valence-corrected chi connectivity index (χ2v) is 6.82. The molecule has 1 unspecified atom stereocenters. The van der Waals surface area contributed by atoms with Crippen LogP contribution in [-0.4, -0.2) is 59.8 Å². The van der Waals surface area contributed by atoms with Crippen LogP contribution in [0.3, 0.4) is 0 Å². The number of aliphatic hydroxyl groups is 1. The van der Waals surface area contributed by atoms with Crippen molar-refractivity contribution in [3.05, 3.63) is 0 Å². The first-order valence-corrected chi connectivity index (χ1v) is 8.89. The zero-order valence-electron chi connectivity index (χ0n) is 14.2. The zero-order chi connectivity index (χ0) is 16.7. The number of hydrogen-bond acceptors (Lipinski definition) is 4. The summed E-state index contributed by atoms with van der Waals surface area (Å²) < 4.78 is 5.83. The molecule has 1 heterocycles. The minimum atomic E-state index is -1.47. The van der Waals surface area contributed by atoms with Crippen molar-refractivity contribution in [3.63, 3.8) is 0 Å². The van der Waals surface area contributed by atoms with Crippen molar-refractivity contribution in [1.82, 2.24) is 10.2 Å². The first-order chi connectivity index (χ1) is 11.0. The third-order valence-electron chi connectivity index (χ3n) is 4.88. The highest BCUT2D eigenvalue weighted by Gasteiger charge is 2.40. The Bertz CT molecular complexity index is 407. The van der Waals surface area contributed by atoms with E-state index in [1.807, 2.05) is 0 Å². The summed E-state index contributed by atoms with van der Waals surface area (Å²) in [7, 11) is 0. The van der Waals surface area contributed by atoms with Gasteiger partial charge in [-0.1, -0.05) is 25.7 Å². The fourth-order valence-corrected chi connectivity index (χ4v) is 3.45. The van der Waals surface area contributed by atoms with Gasteiger partial charge in [-0.05, 0) is 25.7 Å². The number of amides is 2. The van der Waals surface area contributed by atoms with Crippen LogP contribution >= 0.6 is 0 Å². The van der Waals surface area contributed by atoms with Gasteiger partial charge in [0.2, 0.25) is 5.91 Å². The second kappa shape index (κ2) is 8.64. The van der Waals surface area contributed by atoms with Gasteiger partial charge in [-0.25, -0.2) is 0 Å². The van der Waals surface area contributed by atoms with Gasteiger partial charge in [-0.15, -0.1) is 0 Å². The summed E-state index contributed by atoms with van der Waals surface area (Å²) in [5.74, 6) is -0.500. The highest BCUT2D eigenvalue weighted by molar-refractivity contribution is 5.86. The molecule has 2 aliphatic rings. The maximum atomic E-state index is 12.2. The molecule has 2 fully saturated rings. The summed E-state index contributed by atoms with van der Waals surface area (Å²) in [6.45, 7) is 3.03. The van der Waals surface area contributed by atoms with Gasteiger partial charge in [0.1, 0.15) is 0 Å². The van der Waals surface area contributed by atoms with Crippen molar-refractivity contribution < 1.29 is 19.4 Å². The molecule has 0 radical (unpaired) electrons. The molecule has 6 nitrogen and oxygen atoms in total. The number of likely N-dealkylation sites (tertiary alicyclic amines) is 1. The number of rotatable bonds is 5. The predicted octanol–water partition coefficient (Wildman–Crippen LogP) is 1.22. The summed E-state index contributed by atoms with van der Waals surface area (Å²) in [6.07, 6.45) is 8.56. The van der Waals surface area contributed by atoms with Gasteiger partial charge < -0.3 is 20.1 Å². The summed E-state index contributed by atoms with van der Waals surface area (Å²) in [5, 5.41) is 13.3. The molecule has 0 aromatic rings. The average Bonchev–Trinajstić information content (AvgIpc) is 2.80. The van der Waals surface area contributed by atoms with Gasteiger partial charge in [0.25, 0.3) is 5.91 Å². The highest BCUT2D eigenvalue weighted by atomic mass is 16.5. The van der Waals surface area contributed by atoms with E-state index in [0.717, 1.165) is 12.8 Å². The topological polar surface area (TPSA) is 78.9 Å². The lowest BCUT2D eigenvalue weighted by Crippen LogP contribution is -2.58. The van der Waals surface area contributed by atoms with Crippen LogP contribution in [0.2, 0.25) is 0 Å². The van der Waals surface area contributed by atoms with Gasteiger partial charge >= 0.3 is 0 Å². The van der Waals surface area contributed by atoms with Gasteiger partial charge in [-0.3, -0.25) is 9.59 Å². The van der Waals surface area contributed by atoms with E-state index >= 15 is 0 Å². The van der Waals surface area contributed by atoms with Crippen LogP contribution in [0.5, 0.6) is 0 Å². The average molecular weight is 326 g/mol. The SMILES string of the molecule is CC(=O)N1CCCC(O)(C(=O)NCCOC2CCCCCC2)C1. The van der Waals surface area contributed by atoms with Gasteiger partial charge in [0, 0.05) is 20.0 Å². The molecule has 0 bridgehead atoms. The number of nitrogens with zero attached hydrogens (tertiary/aromatic N) is 1. The Morgan fingerprint density at radius 1 is 1.22 bits per heavy atom. The Morgan fingerprint density at radius 3 is 2.57 bits per heavy atom. The first kappa shape index (κ1) is 18.2. The Hall–Kier alpha value is -1.14. The minimum absolute atomic E-state index is 0.0810. The summed E-state index contributed by atoms with van der Waals surface area (Å²) in [4.78, 5) is 25.2. The number of nitrogens with one attached hydrogen (secondary N) is 1. The molecule has 1 aliphatic carbocycles.